The van der Waals surface area contributed by atoms with Gasteiger partial charge in [0.15, 0.2) is 0 Å². The fourth-order valence-corrected chi connectivity index (χ4v) is 4.32. The van der Waals surface area contributed by atoms with Crippen molar-refractivity contribution in [3.63, 3.8) is 0 Å². The van der Waals surface area contributed by atoms with Crippen LogP contribution in [0.1, 0.15) is 57.8 Å². The van der Waals surface area contributed by atoms with Crippen molar-refractivity contribution in [2.75, 3.05) is 32.7 Å². The number of urea groups is 1. The Morgan fingerprint density at radius 2 is 1.83 bits per heavy atom. The number of nitrogens with zero attached hydrogens (tertiary/aromatic N) is 2. The number of hydrogen-bond donors (Lipinski definition) is 2. The molecule has 0 bridgehead atoms. The lowest BCUT2D eigenvalue weighted by Crippen LogP contribution is -2.45. The average Bonchev–Trinajstić information content (AvgIpc) is 3.22. The number of carbonyl (C=O) groups excluding carboxylic acids is 2. The van der Waals surface area contributed by atoms with Gasteiger partial charge in [0, 0.05) is 25.6 Å². The third-order valence-corrected chi connectivity index (χ3v) is 5.64. The summed E-state index contributed by atoms with van der Waals surface area (Å²) in [4.78, 5) is 28.7. The minimum atomic E-state index is -0.125. The van der Waals surface area contributed by atoms with Crippen LogP contribution in [0.4, 0.5) is 4.79 Å². The second-order valence-corrected chi connectivity index (χ2v) is 7.54. The van der Waals surface area contributed by atoms with E-state index in [2.05, 4.69) is 15.5 Å². The molecule has 0 aromatic heterocycles. The summed E-state index contributed by atoms with van der Waals surface area (Å²) in [6.45, 7) is 4.86. The third kappa shape index (κ3) is 4.85. The van der Waals surface area contributed by atoms with Crippen molar-refractivity contribution in [1.82, 2.24) is 20.4 Å². The molecule has 0 unspecified atom stereocenters. The third-order valence-electron chi connectivity index (χ3n) is 5.64. The van der Waals surface area contributed by atoms with Gasteiger partial charge in [0.05, 0.1) is 6.04 Å². The Morgan fingerprint density at radius 1 is 1.08 bits per heavy atom. The van der Waals surface area contributed by atoms with Crippen molar-refractivity contribution in [1.29, 1.82) is 0 Å². The van der Waals surface area contributed by atoms with Crippen molar-refractivity contribution in [3.8, 4) is 0 Å². The highest BCUT2D eigenvalue weighted by molar-refractivity contribution is 5.82. The Balaban J connectivity index is 1.32. The van der Waals surface area contributed by atoms with Crippen LogP contribution >= 0.6 is 0 Å². The molecule has 3 fully saturated rings. The maximum Gasteiger partial charge on any atom is 0.315 e. The highest BCUT2D eigenvalue weighted by Crippen LogP contribution is 2.26. The zero-order valence-corrected chi connectivity index (χ0v) is 14.8. The highest BCUT2D eigenvalue weighted by Gasteiger charge is 2.35. The summed E-state index contributed by atoms with van der Waals surface area (Å²) in [7, 11) is 0. The number of carbonyl (C=O) groups is 2. The first-order valence-corrected chi connectivity index (χ1v) is 9.78. The molecular weight excluding hydrogens is 304 g/mol. The Bertz CT molecular complexity index is 431. The summed E-state index contributed by atoms with van der Waals surface area (Å²) in [6, 6.07) is 0.249. The first-order chi connectivity index (χ1) is 11.7. The minimum Gasteiger partial charge on any atom is -0.338 e. The van der Waals surface area contributed by atoms with Gasteiger partial charge < -0.3 is 20.4 Å². The highest BCUT2D eigenvalue weighted by atomic mass is 16.2. The Kier molecular flexibility index (Phi) is 6.35. The second-order valence-electron chi connectivity index (χ2n) is 7.54. The summed E-state index contributed by atoms with van der Waals surface area (Å²) >= 11 is 0. The number of rotatable bonds is 6. The largest absolute Gasteiger partial charge is 0.338 e. The fourth-order valence-electron chi connectivity index (χ4n) is 4.32. The first-order valence-electron chi connectivity index (χ1n) is 9.78. The molecule has 1 atom stereocenters. The standard InChI is InChI=1S/C18H32N4O2/c23-17-13-15(14-22(17)16-7-2-1-3-8-16)20-18(24)19-9-6-12-21-10-4-5-11-21/h15-16H,1-14H2,(H2,19,20,24)/t15-/m1/s1. The van der Waals surface area contributed by atoms with Crippen LogP contribution in [-0.4, -0.2) is 66.5 Å². The quantitative estimate of drug-likeness (QED) is 0.726. The second kappa shape index (κ2) is 8.70. The van der Waals surface area contributed by atoms with Crippen molar-refractivity contribution in [3.05, 3.63) is 0 Å². The Morgan fingerprint density at radius 3 is 2.58 bits per heavy atom. The van der Waals surface area contributed by atoms with Gasteiger partial charge in [0.2, 0.25) is 5.91 Å². The van der Waals surface area contributed by atoms with Gasteiger partial charge >= 0.3 is 6.03 Å². The molecule has 24 heavy (non-hydrogen) atoms. The van der Waals surface area contributed by atoms with Gasteiger partial charge in [-0.15, -0.1) is 0 Å². The molecule has 136 valence electrons. The van der Waals surface area contributed by atoms with E-state index in [9.17, 15) is 9.59 Å². The molecule has 6 heteroatoms. The van der Waals surface area contributed by atoms with Crippen molar-refractivity contribution in [2.45, 2.75) is 69.9 Å². The normalized spacial score (nSPS) is 26.1. The molecule has 0 aromatic carbocycles. The summed E-state index contributed by atoms with van der Waals surface area (Å²) in [5.41, 5.74) is 0. The SMILES string of the molecule is O=C(NCCCN1CCCC1)N[C@@H]1CC(=O)N(C2CCCCC2)C1. The zero-order chi connectivity index (χ0) is 16.8. The molecule has 3 rings (SSSR count). The molecule has 1 aliphatic carbocycles. The van der Waals surface area contributed by atoms with Crippen LogP contribution in [0, 0.1) is 0 Å². The molecular formula is C18H32N4O2. The lowest BCUT2D eigenvalue weighted by Gasteiger charge is -2.31. The predicted octanol–water partition coefficient (Wildman–Crippen LogP) is 1.71. The molecule has 1 saturated carbocycles. The van der Waals surface area contributed by atoms with E-state index in [1.807, 2.05) is 4.90 Å². The summed E-state index contributed by atoms with van der Waals surface area (Å²) < 4.78 is 0. The van der Waals surface area contributed by atoms with E-state index >= 15 is 0 Å². The van der Waals surface area contributed by atoms with E-state index in [-0.39, 0.29) is 18.0 Å². The van der Waals surface area contributed by atoms with Crippen LogP contribution in [0.25, 0.3) is 0 Å². The topological polar surface area (TPSA) is 64.7 Å². The van der Waals surface area contributed by atoms with E-state index in [1.165, 1.54) is 45.2 Å². The summed E-state index contributed by atoms with van der Waals surface area (Å²) in [6.07, 6.45) is 10.1. The van der Waals surface area contributed by atoms with Crippen molar-refractivity contribution >= 4 is 11.9 Å². The monoisotopic (exact) mass is 336 g/mol. The molecule has 2 saturated heterocycles. The molecule has 0 radical (unpaired) electrons. The smallest absolute Gasteiger partial charge is 0.315 e. The lowest BCUT2D eigenvalue weighted by atomic mass is 9.94. The predicted molar refractivity (Wildman–Crippen MR) is 93.8 cm³/mol. The van der Waals surface area contributed by atoms with E-state index in [4.69, 9.17) is 0 Å². The zero-order valence-electron chi connectivity index (χ0n) is 14.8. The maximum absolute atomic E-state index is 12.2. The van der Waals surface area contributed by atoms with Gasteiger partial charge in [-0.1, -0.05) is 19.3 Å². The van der Waals surface area contributed by atoms with E-state index in [0.717, 1.165) is 25.8 Å². The molecule has 6 nitrogen and oxygen atoms in total. The van der Waals surface area contributed by atoms with Gasteiger partial charge in [-0.3, -0.25) is 4.79 Å². The molecule has 0 aromatic rings. The number of hydrogen-bond acceptors (Lipinski definition) is 3. The molecule has 3 aliphatic rings. The van der Waals surface area contributed by atoms with E-state index in [1.54, 1.807) is 0 Å². The number of nitrogens with one attached hydrogen (secondary N) is 2. The van der Waals surface area contributed by atoms with Gasteiger partial charge in [-0.2, -0.15) is 0 Å². The van der Waals surface area contributed by atoms with E-state index in [0.29, 0.717) is 25.6 Å². The number of amides is 3. The van der Waals surface area contributed by atoms with Crippen LogP contribution in [0.3, 0.4) is 0 Å². The Labute approximate surface area is 145 Å². The molecule has 2 aliphatic heterocycles. The molecule has 3 amide bonds. The van der Waals surface area contributed by atoms with Gasteiger partial charge in [0.1, 0.15) is 0 Å². The summed E-state index contributed by atoms with van der Waals surface area (Å²) in [5, 5.41) is 5.92. The average molecular weight is 336 g/mol. The molecule has 2 N–H and O–H groups in total. The van der Waals surface area contributed by atoms with Crippen molar-refractivity contribution < 1.29 is 9.59 Å². The van der Waals surface area contributed by atoms with Crippen LogP contribution in [0.15, 0.2) is 0 Å². The van der Waals surface area contributed by atoms with Crippen LogP contribution < -0.4 is 10.6 Å². The minimum absolute atomic E-state index is 0.0296. The maximum atomic E-state index is 12.2. The lowest BCUT2D eigenvalue weighted by molar-refractivity contribution is -0.130. The number of likely N-dealkylation sites (tertiary alicyclic amines) is 2. The van der Waals surface area contributed by atoms with Crippen LogP contribution in [-0.2, 0) is 4.79 Å². The van der Waals surface area contributed by atoms with E-state index < -0.39 is 0 Å². The van der Waals surface area contributed by atoms with Crippen LogP contribution in [0.5, 0.6) is 0 Å². The summed E-state index contributed by atoms with van der Waals surface area (Å²) in [5.74, 6) is 0.209. The van der Waals surface area contributed by atoms with Gasteiger partial charge in [-0.25, -0.2) is 4.79 Å². The molecule has 2 heterocycles. The Hall–Kier alpha value is -1.30. The fraction of sp³-hybridized carbons (Fsp3) is 0.889. The van der Waals surface area contributed by atoms with Gasteiger partial charge in [-0.05, 0) is 51.7 Å². The molecule has 0 spiro atoms. The van der Waals surface area contributed by atoms with Gasteiger partial charge in [0.25, 0.3) is 0 Å². The van der Waals surface area contributed by atoms with Crippen LogP contribution in [0.2, 0.25) is 0 Å². The van der Waals surface area contributed by atoms with Crippen molar-refractivity contribution in [2.24, 2.45) is 0 Å². The first kappa shape index (κ1) is 17.5.